The topological polar surface area (TPSA) is 102 Å². The summed E-state index contributed by atoms with van der Waals surface area (Å²) in [5, 5.41) is 2.56. The van der Waals surface area contributed by atoms with E-state index in [4.69, 9.17) is 0 Å². The molecule has 0 aliphatic rings. The van der Waals surface area contributed by atoms with Crippen molar-refractivity contribution in [3.8, 4) is 0 Å². The molecule has 0 radical (unpaired) electrons. The Labute approximate surface area is 123 Å². The molecule has 8 heteroatoms. The smallest absolute Gasteiger partial charge is 0.305 e. The average Bonchev–Trinajstić information content (AvgIpc) is 2.37. The Morgan fingerprint density at radius 1 is 1.24 bits per heavy atom. The minimum Gasteiger partial charge on any atom is -0.469 e. The highest BCUT2D eigenvalue weighted by Crippen LogP contribution is 2.16. The molecule has 0 aromatic heterocycles. The lowest BCUT2D eigenvalue weighted by Gasteiger charge is -2.09. The monoisotopic (exact) mass is 314 g/mol. The fourth-order valence-corrected chi connectivity index (χ4v) is 2.72. The van der Waals surface area contributed by atoms with E-state index in [9.17, 15) is 18.0 Å². The van der Waals surface area contributed by atoms with Crippen LogP contribution in [0.4, 0.5) is 11.4 Å². The van der Waals surface area contributed by atoms with Crippen molar-refractivity contribution >= 4 is 33.3 Å². The molecule has 116 valence electrons. The zero-order chi connectivity index (χ0) is 15.9. The number of amides is 1. The summed E-state index contributed by atoms with van der Waals surface area (Å²) in [5.74, 6) is -0.877. The molecule has 7 nitrogen and oxygen atoms in total. The Morgan fingerprint density at radius 3 is 2.52 bits per heavy atom. The third kappa shape index (κ3) is 6.75. The molecule has 0 unspecified atom stereocenters. The molecule has 0 heterocycles. The number of hydrogen-bond donors (Lipinski definition) is 2. The van der Waals surface area contributed by atoms with Crippen LogP contribution in [0.2, 0.25) is 0 Å². The maximum Gasteiger partial charge on any atom is 0.305 e. The molecular weight excluding hydrogens is 296 g/mol. The van der Waals surface area contributed by atoms with E-state index in [2.05, 4.69) is 14.8 Å². The zero-order valence-corrected chi connectivity index (χ0v) is 12.7. The largest absolute Gasteiger partial charge is 0.469 e. The first-order chi connectivity index (χ1) is 9.82. The van der Waals surface area contributed by atoms with Crippen LogP contribution in [0.15, 0.2) is 24.3 Å². The van der Waals surface area contributed by atoms with Crippen LogP contribution in [0.25, 0.3) is 0 Å². The molecule has 2 N–H and O–H groups in total. The molecule has 21 heavy (non-hydrogen) atoms. The minimum absolute atomic E-state index is 0.0450. The summed E-state index contributed by atoms with van der Waals surface area (Å²) in [6, 6.07) is 6.36. The summed E-state index contributed by atoms with van der Waals surface area (Å²) >= 11 is 0. The molecule has 1 aromatic rings. The van der Waals surface area contributed by atoms with Crippen LogP contribution in [0.5, 0.6) is 0 Å². The number of benzene rings is 1. The van der Waals surface area contributed by atoms with Gasteiger partial charge < -0.3 is 10.1 Å². The number of ether oxygens (including phenoxy) is 1. The summed E-state index contributed by atoms with van der Waals surface area (Å²) in [6.45, 7) is 1.36. The summed E-state index contributed by atoms with van der Waals surface area (Å²) in [5.41, 5.74) is 0.844. The quantitative estimate of drug-likeness (QED) is 0.740. The molecule has 1 amide bonds. The summed E-state index contributed by atoms with van der Waals surface area (Å²) < 4.78 is 30.5. The van der Waals surface area contributed by atoms with Crippen LogP contribution < -0.4 is 10.0 Å². The number of carbonyl (C=O) groups excluding carboxylic acids is 2. The van der Waals surface area contributed by atoms with Crippen LogP contribution in [0, 0.1) is 0 Å². The van der Waals surface area contributed by atoms with Crippen molar-refractivity contribution in [2.24, 2.45) is 0 Å². The van der Waals surface area contributed by atoms with Gasteiger partial charge in [0, 0.05) is 19.0 Å². The van der Waals surface area contributed by atoms with Crippen LogP contribution >= 0.6 is 0 Å². The molecule has 0 aliphatic carbocycles. The number of anilines is 2. The average molecular weight is 314 g/mol. The van der Waals surface area contributed by atoms with Crippen molar-refractivity contribution in [2.75, 3.05) is 22.9 Å². The van der Waals surface area contributed by atoms with Gasteiger partial charge >= 0.3 is 5.97 Å². The third-order valence-electron chi connectivity index (χ3n) is 2.48. The van der Waals surface area contributed by atoms with Crippen molar-refractivity contribution in [1.82, 2.24) is 0 Å². The molecule has 1 rings (SSSR count). The SMILES string of the molecule is COC(=O)CCCS(=O)(=O)Nc1cccc(NC(C)=O)c1. The number of esters is 1. The van der Waals surface area contributed by atoms with Gasteiger partial charge in [0.05, 0.1) is 18.6 Å². The molecule has 0 aliphatic heterocycles. The lowest BCUT2D eigenvalue weighted by molar-refractivity contribution is -0.140. The van der Waals surface area contributed by atoms with E-state index in [0.717, 1.165) is 0 Å². The van der Waals surface area contributed by atoms with Gasteiger partial charge in [0.1, 0.15) is 0 Å². The first kappa shape index (κ1) is 17.0. The van der Waals surface area contributed by atoms with Crippen molar-refractivity contribution in [1.29, 1.82) is 0 Å². The van der Waals surface area contributed by atoms with E-state index in [1.165, 1.54) is 20.1 Å². The molecule has 0 atom stereocenters. The fourth-order valence-electron chi connectivity index (χ4n) is 1.60. The summed E-state index contributed by atoms with van der Waals surface area (Å²) in [7, 11) is -2.30. The summed E-state index contributed by atoms with van der Waals surface area (Å²) in [4.78, 5) is 21.9. The first-order valence-corrected chi connectivity index (χ1v) is 7.92. The van der Waals surface area contributed by atoms with E-state index >= 15 is 0 Å². The maximum atomic E-state index is 11.9. The van der Waals surface area contributed by atoms with E-state index in [0.29, 0.717) is 11.4 Å². The van der Waals surface area contributed by atoms with E-state index < -0.39 is 16.0 Å². The molecule has 0 saturated heterocycles. The molecule has 0 bridgehead atoms. The molecule has 0 spiro atoms. The lowest BCUT2D eigenvalue weighted by Crippen LogP contribution is -2.18. The molecule has 0 fully saturated rings. The number of sulfonamides is 1. The standard InChI is InChI=1S/C13H18N2O5S/c1-10(16)14-11-5-3-6-12(9-11)15-21(18,19)8-4-7-13(17)20-2/h3,5-6,9,15H,4,7-8H2,1-2H3,(H,14,16). The van der Waals surface area contributed by atoms with Crippen LogP contribution in [-0.4, -0.2) is 33.2 Å². The number of hydrogen-bond acceptors (Lipinski definition) is 5. The predicted octanol–water partition coefficient (Wildman–Crippen LogP) is 1.34. The molecule has 1 aromatic carbocycles. The number of methoxy groups -OCH3 is 1. The summed E-state index contributed by atoms with van der Waals surface area (Å²) in [6.07, 6.45) is 0.219. The predicted molar refractivity (Wildman–Crippen MR) is 79.4 cm³/mol. The van der Waals surface area contributed by atoms with Gasteiger partial charge in [-0.15, -0.1) is 0 Å². The molecule has 0 saturated carbocycles. The normalized spacial score (nSPS) is 10.8. The highest BCUT2D eigenvalue weighted by molar-refractivity contribution is 7.92. The second-order valence-electron chi connectivity index (χ2n) is 4.36. The van der Waals surface area contributed by atoms with Gasteiger partial charge in [0.2, 0.25) is 15.9 Å². The number of nitrogens with one attached hydrogen (secondary N) is 2. The van der Waals surface area contributed by atoms with E-state index in [1.807, 2.05) is 0 Å². The van der Waals surface area contributed by atoms with Crippen molar-refractivity contribution in [3.05, 3.63) is 24.3 Å². The van der Waals surface area contributed by atoms with Gasteiger partial charge in [-0.3, -0.25) is 14.3 Å². The van der Waals surface area contributed by atoms with Gasteiger partial charge in [-0.2, -0.15) is 0 Å². The Morgan fingerprint density at radius 2 is 1.90 bits per heavy atom. The maximum absolute atomic E-state index is 11.9. The van der Waals surface area contributed by atoms with E-state index in [-0.39, 0.29) is 24.5 Å². The van der Waals surface area contributed by atoms with Gasteiger partial charge in [0.25, 0.3) is 0 Å². The first-order valence-electron chi connectivity index (χ1n) is 6.27. The minimum atomic E-state index is -3.55. The highest BCUT2D eigenvalue weighted by atomic mass is 32.2. The Balaban J connectivity index is 2.62. The Hall–Kier alpha value is -2.09. The Kier molecular flexibility index (Phi) is 6.16. The van der Waals surface area contributed by atoms with Crippen LogP contribution in [0.1, 0.15) is 19.8 Å². The number of rotatable bonds is 7. The second kappa shape index (κ2) is 7.63. The Bertz CT molecular complexity index is 613. The fraction of sp³-hybridized carbons (Fsp3) is 0.385. The van der Waals surface area contributed by atoms with Gasteiger partial charge in [-0.25, -0.2) is 8.42 Å². The van der Waals surface area contributed by atoms with Gasteiger partial charge in [-0.05, 0) is 24.6 Å². The molecular formula is C13H18N2O5S. The van der Waals surface area contributed by atoms with E-state index in [1.54, 1.807) is 18.2 Å². The van der Waals surface area contributed by atoms with Crippen molar-refractivity contribution in [2.45, 2.75) is 19.8 Å². The van der Waals surface area contributed by atoms with Crippen LogP contribution in [0.3, 0.4) is 0 Å². The van der Waals surface area contributed by atoms with Crippen molar-refractivity contribution < 1.29 is 22.7 Å². The zero-order valence-electron chi connectivity index (χ0n) is 11.9. The van der Waals surface area contributed by atoms with Gasteiger partial charge in [-0.1, -0.05) is 6.07 Å². The van der Waals surface area contributed by atoms with Crippen molar-refractivity contribution in [3.63, 3.8) is 0 Å². The lowest BCUT2D eigenvalue weighted by atomic mass is 10.3. The van der Waals surface area contributed by atoms with Crippen LogP contribution in [-0.2, 0) is 24.3 Å². The number of carbonyl (C=O) groups is 2. The second-order valence-corrected chi connectivity index (χ2v) is 6.20. The third-order valence-corrected chi connectivity index (χ3v) is 3.85. The highest BCUT2D eigenvalue weighted by Gasteiger charge is 2.12. The van der Waals surface area contributed by atoms with Gasteiger partial charge in [0.15, 0.2) is 0 Å².